The van der Waals surface area contributed by atoms with Crippen LogP contribution in [0.15, 0.2) is 0 Å². The van der Waals surface area contributed by atoms with Crippen LogP contribution in [0.4, 0.5) is 0 Å². The summed E-state index contributed by atoms with van der Waals surface area (Å²) in [4.78, 5) is 2.64. The summed E-state index contributed by atoms with van der Waals surface area (Å²) >= 11 is 0. The SMILES string of the molecule is CCC(C#N)(CCCN1C(C)CCCC1C)NC(C)C. The fraction of sp³-hybridized carbons (Fsp3) is 0.941. The minimum absolute atomic E-state index is 0.337. The molecule has 0 radical (unpaired) electrons. The van der Waals surface area contributed by atoms with Crippen LogP contribution >= 0.6 is 0 Å². The van der Waals surface area contributed by atoms with Crippen LogP contribution in [-0.4, -0.2) is 35.1 Å². The maximum atomic E-state index is 9.54. The zero-order valence-electron chi connectivity index (χ0n) is 14.1. The number of nitrogens with zero attached hydrogens (tertiary/aromatic N) is 2. The van der Waals surface area contributed by atoms with Crippen molar-refractivity contribution < 1.29 is 0 Å². The first-order valence-electron chi connectivity index (χ1n) is 8.39. The zero-order valence-corrected chi connectivity index (χ0v) is 14.1. The van der Waals surface area contributed by atoms with Crippen molar-refractivity contribution in [1.82, 2.24) is 10.2 Å². The van der Waals surface area contributed by atoms with Gasteiger partial charge in [-0.1, -0.05) is 13.3 Å². The van der Waals surface area contributed by atoms with Crippen molar-refractivity contribution in [3.63, 3.8) is 0 Å². The van der Waals surface area contributed by atoms with Crippen LogP contribution in [0.2, 0.25) is 0 Å². The molecule has 0 spiro atoms. The van der Waals surface area contributed by atoms with Crippen LogP contribution in [-0.2, 0) is 0 Å². The third kappa shape index (κ3) is 4.75. The van der Waals surface area contributed by atoms with Crippen molar-refractivity contribution in [2.24, 2.45) is 0 Å². The molecule has 0 aromatic heterocycles. The molecule has 3 heteroatoms. The summed E-state index contributed by atoms with van der Waals surface area (Å²) in [6.07, 6.45) is 6.96. The highest BCUT2D eigenvalue weighted by Gasteiger charge is 2.29. The monoisotopic (exact) mass is 279 g/mol. The summed E-state index contributed by atoms with van der Waals surface area (Å²) in [6, 6.07) is 4.30. The van der Waals surface area contributed by atoms with Gasteiger partial charge in [-0.15, -0.1) is 0 Å². The molecule has 1 fully saturated rings. The Hall–Kier alpha value is -0.590. The fourth-order valence-corrected chi connectivity index (χ4v) is 3.55. The minimum atomic E-state index is -0.337. The Morgan fingerprint density at radius 3 is 2.35 bits per heavy atom. The smallest absolute Gasteiger partial charge is 0.106 e. The Morgan fingerprint density at radius 1 is 1.30 bits per heavy atom. The number of likely N-dealkylation sites (tertiary alicyclic amines) is 1. The predicted molar refractivity (Wildman–Crippen MR) is 85.6 cm³/mol. The molecule has 1 aliphatic rings. The molecule has 1 saturated heterocycles. The molecular formula is C17H33N3. The second-order valence-electron chi connectivity index (χ2n) is 6.82. The summed E-state index contributed by atoms with van der Waals surface area (Å²) in [5.41, 5.74) is -0.337. The molecule has 20 heavy (non-hydrogen) atoms. The third-order valence-corrected chi connectivity index (χ3v) is 4.78. The average Bonchev–Trinajstić information content (AvgIpc) is 2.40. The van der Waals surface area contributed by atoms with Gasteiger partial charge in [0.25, 0.3) is 0 Å². The first kappa shape index (κ1) is 17.5. The van der Waals surface area contributed by atoms with Gasteiger partial charge in [0, 0.05) is 18.1 Å². The summed E-state index contributed by atoms with van der Waals surface area (Å²) in [7, 11) is 0. The van der Waals surface area contributed by atoms with Gasteiger partial charge in [0.1, 0.15) is 5.54 Å². The topological polar surface area (TPSA) is 39.1 Å². The second kappa shape index (κ2) is 8.00. The van der Waals surface area contributed by atoms with E-state index in [4.69, 9.17) is 0 Å². The van der Waals surface area contributed by atoms with Crippen molar-refractivity contribution in [2.45, 2.75) is 96.8 Å². The summed E-state index contributed by atoms with van der Waals surface area (Å²) in [5.74, 6) is 0. The molecule has 1 N–H and O–H groups in total. The first-order valence-corrected chi connectivity index (χ1v) is 8.39. The third-order valence-electron chi connectivity index (χ3n) is 4.78. The molecule has 0 amide bonds. The van der Waals surface area contributed by atoms with Crippen molar-refractivity contribution in [3.8, 4) is 6.07 Å². The predicted octanol–water partition coefficient (Wildman–Crippen LogP) is 3.70. The lowest BCUT2D eigenvalue weighted by molar-refractivity contribution is 0.0985. The van der Waals surface area contributed by atoms with E-state index in [1.807, 2.05) is 0 Å². The Bertz CT molecular complexity index is 311. The van der Waals surface area contributed by atoms with Crippen LogP contribution in [0, 0.1) is 11.3 Å². The number of piperidine rings is 1. The Kier molecular flexibility index (Phi) is 6.99. The number of hydrogen-bond donors (Lipinski definition) is 1. The van der Waals surface area contributed by atoms with Crippen LogP contribution in [0.5, 0.6) is 0 Å². The average molecular weight is 279 g/mol. The normalized spacial score (nSPS) is 27.2. The zero-order chi connectivity index (χ0) is 15.2. The van der Waals surface area contributed by atoms with Crippen LogP contribution in [0.1, 0.15) is 73.1 Å². The van der Waals surface area contributed by atoms with Gasteiger partial charge in [0.2, 0.25) is 0 Å². The van der Waals surface area contributed by atoms with E-state index in [9.17, 15) is 5.26 Å². The first-order chi connectivity index (χ1) is 9.44. The lowest BCUT2D eigenvalue weighted by atomic mass is 9.90. The molecular weight excluding hydrogens is 246 g/mol. The lowest BCUT2D eigenvalue weighted by Gasteiger charge is -2.39. The largest absolute Gasteiger partial charge is 0.298 e. The van der Waals surface area contributed by atoms with E-state index in [1.54, 1.807) is 0 Å². The molecule has 1 rings (SSSR count). The van der Waals surface area contributed by atoms with E-state index < -0.39 is 0 Å². The maximum absolute atomic E-state index is 9.54. The van der Waals surface area contributed by atoms with Crippen LogP contribution in [0.3, 0.4) is 0 Å². The van der Waals surface area contributed by atoms with Crippen molar-refractivity contribution in [1.29, 1.82) is 5.26 Å². The molecule has 0 bridgehead atoms. The quantitative estimate of drug-likeness (QED) is 0.772. The van der Waals surface area contributed by atoms with E-state index in [0.29, 0.717) is 18.1 Å². The van der Waals surface area contributed by atoms with Gasteiger partial charge in [-0.05, 0) is 66.3 Å². The number of nitrogens with one attached hydrogen (secondary N) is 1. The standard InChI is InChI=1S/C17H33N3/c1-6-17(13-18,19-14(2)3)11-8-12-20-15(4)9-7-10-16(20)5/h14-16,19H,6-12H2,1-5H3. The highest BCUT2D eigenvalue weighted by atomic mass is 15.2. The van der Waals surface area contributed by atoms with Gasteiger partial charge < -0.3 is 0 Å². The summed E-state index contributed by atoms with van der Waals surface area (Å²) < 4.78 is 0. The number of hydrogen-bond acceptors (Lipinski definition) is 3. The molecule has 0 aromatic carbocycles. The van der Waals surface area contributed by atoms with E-state index in [1.165, 1.54) is 19.3 Å². The van der Waals surface area contributed by atoms with Gasteiger partial charge in [-0.25, -0.2) is 0 Å². The molecule has 0 aliphatic carbocycles. The van der Waals surface area contributed by atoms with E-state index in [0.717, 1.165) is 25.8 Å². The second-order valence-corrected chi connectivity index (χ2v) is 6.82. The maximum Gasteiger partial charge on any atom is 0.106 e. The number of nitriles is 1. The van der Waals surface area contributed by atoms with Gasteiger partial charge >= 0.3 is 0 Å². The number of rotatable bonds is 7. The summed E-state index contributed by atoms with van der Waals surface area (Å²) in [5, 5.41) is 13.0. The lowest BCUT2D eigenvalue weighted by Crippen LogP contribution is -2.48. The Morgan fingerprint density at radius 2 is 1.90 bits per heavy atom. The van der Waals surface area contributed by atoms with E-state index >= 15 is 0 Å². The molecule has 3 unspecified atom stereocenters. The highest BCUT2D eigenvalue weighted by Crippen LogP contribution is 2.24. The van der Waals surface area contributed by atoms with Gasteiger partial charge in [0.15, 0.2) is 0 Å². The van der Waals surface area contributed by atoms with Gasteiger partial charge in [0.05, 0.1) is 6.07 Å². The van der Waals surface area contributed by atoms with Crippen molar-refractivity contribution in [2.75, 3.05) is 6.54 Å². The Labute approximate surface area is 125 Å². The van der Waals surface area contributed by atoms with Crippen LogP contribution < -0.4 is 5.32 Å². The van der Waals surface area contributed by atoms with Gasteiger partial charge in [-0.2, -0.15) is 5.26 Å². The fourth-order valence-electron chi connectivity index (χ4n) is 3.55. The molecule has 1 aliphatic heterocycles. The molecule has 0 saturated carbocycles. The van der Waals surface area contributed by atoms with E-state index in [-0.39, 0.29) is 5.54 Å². The van der Waals surface area contributed by atoms with Crippen LogP contribution in [0.25, 0.3) is 0 Å². The summed E-state index contributed by atoms with van der Waals surface area (Å²) in [6.45, 7) is 12.2. The van der Waals surface area contributed by atoms with Crippen molar-refractivity contribution >= 4 is 0 Å². The van der Waals surface area contributed by atoms with Crippen molar-refractivity contribution in [3.05, 3.63) is 0 Å². The highest BCUT2D eigenvalue weighted by molar-refractivity contribution is 5.07. The molecule has 3 nitrogen and oxygen atoms in total. The Balaban J connectivity index is 2.50. The minimum Gasteiger partial charge on any atom is -0.298 e. The van der Waals surface area contributed by atoms with E-state index in [2.05, 4.69) is 50.9 Å². The van der Waals surface area contributed by atoms with Gasteiger partial charge in [-0.3, -0.25) is 10.2 Å². The molecule has 116 valence electrons. The molecule has 1 heterocycles. The molecule has 0 aromatic rings. The molecule has 3 atom stereocenters.